The topological polar surface area (TPSA) is 98.5 Å². The number of hydrogen-bond acceptors (Lipinski definition) is 6. The number of nitro benzene ring substituents is 1. The number of rotatable bonds is 5. The van der Waals surface area contributed by atoms with Crippen LogP contribution in [0.5, 0.6) is 0 Å². The van der Waals surface area contributed by atoms with Gasteiger partial charge in [0.15, 0.2) is 0 Å². The Bertz CT molecular complexity index is 870. The third kappa shape index (κ3) is 4.02. The number of amides is 1. The fraction of sp³-hybridized carbons (Fsp3) is 0.222. The summed E-state index contributed by atoms with van der Waals surface area (Å²) in [6.45, 7) is 1.64. The monoisotopic (exact) mass is 372 g/mol. The number of carbonyl (C=O) groups excluding carboxylic acids is 2. The number of nitrogens with one attached hydrogen (secondary N) is 1. The molecular weight excluding hydrogens is 356 g/mol. The second kappa shape index (κ2) is 7.57. The van der Waals surface area contributed by atoms with Gasteiger partial charge in [0.05, 0.1) is 22.3 Å². The van der Waals surface area contributed by atoms with Crippen LogP contribution in [0.25, 0.3) is 0 Å². The molecule has 0 saturated carbocycles. The van der Waals surface area contributed by atoms with Crippen LogP contribution in [0, 0.1) is 10.1 Å². The van der Waals surface area contributed by atoms with Gasteiger partial charge in [0.2, 0.25) is 5.91 Å². The molecule has 1 amide bonds. The second-order valence-corrected chi connectivity index (χ2v) is 7.02. The molecule has 3 rings (SSSR count). The number of carbonyl (C=O) groups is 2. The fourth-order valence-electron chi connectivity index (χ4n) is 2.58. The maximum atomic E-state index is 12.2. The van der Waals surface area contributed by atoms with Gasteiger partial charge in [-0.3, -0.25) is 19.7 Å². The summed E-state index contributed by atoms with van der Waals surface area (Å²) in [6.07, 6.45) is -0.726. The zero-order valence-corrected chi connectivity index (χ0v) is 14.7. The summed E-state index contributed by atoms with van der Waals surface area (Å²) in [5, 5.41) is 13.1. The first-order valence-corrected chi connectivity index (χ1v) is 8.82. The summed E-state index contributed by atoms with van der Waals surface area (Å²) in [6, 6.07) is 13.3. The Morgan fingerprint density at radius 2 is 2.08 bits per heavy atom. The Kier molecular flexibility index (Phi) is 5.22. The predicted molar refractivity (Wildman–Crippen MR) is 96.9 cm³/mol. The van der Waals surface area contributed by atoms with Crippen LogP contribution in [0.2, 0.25) is 0 Å². The number of nitrogens with zero attached hydrogens (tertiary/aromatic N) is 1. The van der Waals surface area contributed by atoms with Crippen molar-refractivity contribution in [3.8, 4) is 0 Å². The zero-order chi connectivity index (χ0) is 18.7. The summed E-state index contributed by atoms with van der Waals surface area (Å²) in [4.78, 5) is 35.6. The number of para-hydroxylation sites is 1. The van der Waals surface area contributed by atoms with Gasteiger partial charge in [-0.2, -0.15) is 0 Å². The average Bonchev–Trinajstić information content (AvgIpc) is 2.62. The van der Waals surface area contributed by atoms with E-state index in [0.29, 0.717) is 5.56 Å². The van der Waals surface area contributed by atoms with E-state index in [1.54, 1.807) is 25.1 Å². The molecule has 0 aliphatic carbocycles. The smallest absolute Gasteiger partial charge is 0.308 e. The normalized spacial score (nSPS) is 17.0. The number of nitro groups is 1. The molecule has 1 aliphatic rings. The van der Waals surface area contributed by atoms with E-state index in [0.717, 1.165) is 10.6 Å². The maximum Gasteiger partial charge on any atom is 0.308 e. The standard InChI is InChI=1S/C18H16N2O5S/c1-11(12-5-4-6-13(9-12)20(23)24)25-17(21)10-16-18(22)19-14-7-2-3-8-15(14)26-16/h2-9,11,16H,10H2,1H3,(H,19,22)/t11-,16-/m0/s1. The Balaban J connectivity index is 1.63. The third-order valence-corrected chi connectivity index (χ3v) is 5.19. The SMILES string of the molecule is C[C@H](OC(=O)C[C@@H]1Sc2ccccc2NC1=O)c1cccc([N+](=O)[O-])c1. The highest BCUT2D eigenvalue weighted by Gasteiger charge is 2.30. The maximum absolute atomic E-state index is 12.2. The van der Waals surface area contributed by atoms with E-state index in [9.17, 15) is 19.7 Å². The lowest BCUT2D eigenvalue weighted by atomic mass is 10.1. The summed E-state index contributed by atoms with van der Waals surface area (Å²) in [5.74, 6) is -0.773. The summed E-state index contributed by atoms with van der Waals surface area (Å²) < 4.78 is 5.36. The minimum absolute atomic E-state index is 0.0655. The van der Waals surface area contributed by atoms with E-state index in [1.165, 1.54) is 23.9 Å². The second-order valence-electron chi connectivity index (χ2n) is 5.78. The van der Waals surface area contributed by atoms with E-state index in [2.05, 4.69) is 5.32 Å². The molecule has 0 spiro atoms. The lowest BCUT2D eigenvalue weighted by Crippen LogP contribution is -2.31. The predicted octanol–water partition coefficient (Wildman–Crippen LogP) is 3.70. The fourth-order valence-corrected chi connectivity index (χ4v) is 3.68. The lowest BCUT2D eigenvalue weighted by molar-refractivity contribution is -0.385. The minimum atomic E-state index is -0.647. The number of esters is 1. The zero-order valence-electron chi connectivity index (χ0n) is 13.9. The van der Waals surface area contributed by atoms with Gasteiger partial charge in [-0.15, -0.1) is 11.8 Å². The summed E-state index contributed by atoms with van der Waals surface area (Å²) in [7, 11) is 0. The Labute approximate surface area is 153 Å². The van der Waals surface area contributed by atoms with Crippen molar-refractivity contribution in [2.24, 2.45) is 0 Å². The van der Waals surface area contributed by atoms with Crippen LogP contribution in [0.4, 0.5) is 11.4 Å². The first kappa shape index (κ1) is 17.9. The summed E-state index contributed by atoms with van der Waals surface area (Å²) in [5.41, 5.74) is 1.19. The molecule has 134 valence electrons. The third-order valence-electron chi connectivity index (χ3n) is 3.92. The van der Waals surface area contributed by atoms with Crippen molar-refractivity contribution in [1.82, 2.24) is 0 Å². The minimum Gasteiger partial charge on any atom is -0.458 e. The number of benzene rings is 2. The molecule has 0 saturated heterocycles. The number of hydrogen-bond donors (Lipinski definition) is 1. The van der Waals surface area contributed by atoms with Gasteiger partial charge < -0.3 is 10.1 Å². The molecule has 7 nitrogen and oxygen atoms in total. The van der Waals surface area contributed by atoms with Crippen molar-refractivity contribution in [2.45, 2.75) is 29.6 Å². The number of ether oxygens (including phenoxy) is 1. The molecule has 2 atom stereocenters. The van der Waals surface area contributed by atoms with Crippen LogP contribution in [-0.4, -0.2) is 22.0 Å². The summed E-state index contributed by atoms with van der Waals surface area (Å²) >= 11 is 1.32. The largest absolute Gasteiger partial charge is 0.458 e. The van der Waals surface area contributed by atoms with Gasteiger partial charge in [-0.25, -0.2) is 0 Å². The van der Waals surface area contributed by atoms with Crippen molar-refractivity contribution >= 4 is 35.0 Å². The molecule has 0 unspecified atom stereocenters. The van der Waals surface area contributed by atoms with Gasteiger partial charge in [0.1, 0.15) is 6.10 Å². The highest BCUT2D eigenvalue weighted by atomic mass is 32.2. The molecule has 2 aromatic carbocycles. The number of non-ortho nitro benzene ring substituents is 1. The molecule has 0 radical (unpaired) electrons. The molecule has 2 aromatic rings. The molecule has 8 heteroatoms. The Morgan fingerprint density at radius 1 is 1.31 bits per heavy atom. The van der Waals surface area contributed by atoms with Gasteiger partial charge >= 0.3 is 5.97 Å². The van der Waals surface area contributed by atoms with E-state index >= 15 is 0 Å². The number of anilines is 1. The van der Waals surface area contributed by atoms with Crippen molar-refractivity contribution in [1.29, 1.82) is 0 Å². The van der Waals surface area contributed by atoms with Gasteiger partial charge in [0.25, 0.3) is 5.69 Å². The molecule has 0 aromatic heterocycles. The van der Waals surface area contributed by atoms with Crippen LogP contribution in [0.15, 0.2) is 53.4 Å². The van der Waals surface area contributed by atoms with E-state index in [1.807, 2.05) is 18.2 Å². The highest BCUT2D eigenvalue weighted by Crippen LogP contribution is 2.37. The molecule has 1 aliphatic heterocycles. The first-order chi connectivity index (χ1) is 12.4. The van der Waals surface area contributed by atoms with Gasteiger partial charge in [0, 0.05) is 17.0 Å². The van der Waals surface area contributed by atoms with Crippen molar-refractivity contribution in [3.63, 3.8) is 0 Å². The van der Waals surface area contributed by atoms with Gasteiger partial charge in [-0.05, 0) is 24.6 Å². The highest BCUT2D eigenvalue weighted by molar-refractivity contribution is 8.01. The Morgan fingerprint density at radius 3 is 2.85 bits per heavy atom. The average molecular weight is 372 g/mol. The first-order valence-electron chi connectivity index (χ1n) is 7.94. The van der Waals surface area contributed by atoms with Crippen molar-refractivity contribution < 1.29 is 19.2 Å². The van der Waals surface area contributed by atoms with E-state index in [4.69, 9.17) is 4.74 Å². The molecule has 1 N–H and O–H groups in total. The van der Waals surface area contributed by atoms with Crippen LogP contribution in [-0.2, 0) is 14.3 Å². The van der Waals surface area contributed by atoms with Crippen LogP contribution in [0.1, 0.15) is 25.0 Å². The molecule has 26 heavy (non-hydrogen) atoms. The van der Waals surface area contributed by atoms with Gasteiger partial charge in [-0.1, -0.05) is 24.3 Å². The molecule has 0 fully saturated rings. The lowest BCUT2D eigenvalue weighted by Gasteiger charge is -2.24. The quantitative estimate of drug-likeness (QED) is 0.488. The number of fused-ring (bicyclic) bond motifs is 1. The van der Waals surface area contributed by atoms with E-state index < -0.39 is 22.2 Å². The van der Waals surface area contributed by atoms with Crippen LogP contribution >= 0.6 is 11.8 Å². The van der Waals surface area contributed by atoms with Crippen molar-refractivity contribution in [2.75, 3.05) is 5.32 Å². The number of thioether (sulfide) groups is 1. The molecule has 0 bridgehead atoms. The van der Waals surface area contributed by atoms with Crippen LogP contribution < -0.4 is 5.32 Å². The Hall–Kier alpha value is -2.87. The van der Waals surface area contributed by atoms with Crippen LogP contribution in [0.3, 0.4) is 0 Å². The molecule has 1 heterocycles. The molecular formula is C18H16N2O5S. The van der Waals surface area contributed by atoms with Crippen molar-refractivity contribution in [3.05, 3.63) is 64.2 Å². The van der Waals surface area contributed by atoms with E-state index in [-0.39, 0.29) is 18.0 Å².